The van der Waals surface area contributed by atoms with Gasteiger partial charge in [-0.25, -0.2) is 0 Å². The van der Waals surface area contributed by atoms with Crippen molar-refractivity contribution >= 4 is 17.5 Å². The molecular formula is C26H18F3N7O4. The molecule has 0 radical (unpaired) electrons. The van der Waals surface area contributed by atoms with Crippen molar-refractivity contribution in [2.45, 2.75) is 31.1 Å². The number of fused-ring (bicyclic) bond motifs is 3. The Labute approximate surface area is 223 Å². The zero-order valence-corrected chi connectivity index (χ0v) is 20.5. The van der Waals surface area contributed by atoms with E-state index in [-0.39, 0.29) is 35.1 Å². The van der Waals surface area contributed by atoms with Crippen LogP contribution in [0.4, 0.5) is 18.9 Å². The summed E-state index contributed by atoms with van der Waals surface area (Å²) in [4.78, 5) is 30.7. The van der Waals surface area contributed by atoms with Crippen molar-refractivity contribution in [3.63, 3.8) is 0 Å². The van der Waals surface area contributed by atoms with Gasteiger partial charge in [-0.15, -0.1) is 0 Å². The monoisotopic (exact) mass is 549 g/mol. The minimum absolute atomic E-state index is 0.0817. The van der Waals surface area contributed by atoms with Gasteiger partial charge in [-0.05, 0) is 48.2 Å². The molecule has 1 aliphatic heterocycles. The number of nitrogens with one attached hydrogen (secondary N) is 2. The number of aryl methyl sites for hydroxylation is 1. The molecule has 40 heavy (non-hydrogen) atoms. The molecule has 0 fully saturated rings. The SMILES string of the molecule is N#Cc1ccc(-c2nn3c(c2NC(=O)c2ccno2)C(=O)N[C@]2(CCc4cc(OCC(F)(F)F)ccc42)C3)nc1. The fourth-order valence-corrected chi connectivity index (χ4v) is 5.06. The first kappa shape index (κ1) is 25.1. The average molecular weight is 549 g/mol. The minimum atomic E-state index is -4.46. The van der Waals surface area contributed by atoms with Gasteiger partial charge in [0.05, 0.1) is 29.5 Å². The molecule has 1 aliphatic carbocycles. The molecule has 0 unspecified atom stereocenters. The Morgan fingerprint density at radius 2 is 2.12 bits per heavy atom. The highest BCUT2D eigenvalue weighted by Gasteiger charge is 2.46. The molecule has 1 aromatic carbocycles. The van der Waals surface area contributed by atoms with Crippen molar-refractivity contribution < 1.29 is 32.0 Å². The second-order valence-electron chi connectivity index (χ2n) is 9.36. The smallest absolute Gasteiger partial charge is 0.422 e. The summed E-state index contributed by atoms with van der Waals surface area (Å²) in [5.41, 5.74) is 1.63. The van der Waals surface area contributed by atoms with Crippen LogP contribution in [0.15, 0.2) is 53.3 Å². The van der Waals surface area contributed by atoms with Gasteiger partial charge in [0.2, 0.25) is 5.76 Å². The lowest BCUT2D eigenvalue weighted by Crippen LogP contribution is -2.52. The molecule has 2 N–H and O–H groups in total. The normalized spacial score (nSPS) is 17.6. The largest absolute Gasteiger partial charge is 0.484 e. The van der Waals surface area contributed by atoms with E-state index in [0.29, 0.717) is 24.1 Å². The standard InChI is InChI=1S/C26H18F3N7O4/c27-26(28,29)13-39-16-2-3-17-15(9-16)5-7-25(17)12-36-22(24(38)34-25)21(33-23(37)19-6-8-32-40-19)20(35-36)18-4-1-14(10-30)11-31-18/h1-4,6,8-9,11H,5,7,12-13H2,(H,33,37)(H,34,38)/t25-/m1/s1. The fourth-order valence-electron chi connectivity index (χ4n) is 5.06. The summed E-state index contributed by atoms with van der Waals surface area (Å²) in [6.45, 7) is -1.22. The van der Waals surface area contributed by atoms with Crippen LogP contribution in [0.1, 0.15) is 44.2 Å². The first-order chi connectivity index (χ1) is 19.2. The Hall–Kier alpha value is -5.19. The highest BCUT2D eigenvalue weighted by Crippen LogP contribution is 2.44. The molecule has 2 amide bonds. The van der Waals surface area contributed by atoms with E-state index in [0.717, 1.165) is 11.1 Å². The van der Waals surface area contributed by atoms with E-state index in [9.17, 15) is 22.8 Å². The first-order valence-electron chi connectivity index (χ1n) is 12.0. The van der Waals surface area contributed by atoms with Crippen molar-refractivity contribution in [2.75, 3.05) is 11.9 Å². The van der Waals surface area contributed by atoms with Crippen LogP contribution in [0.5, 0.6) is 5.75 Å². The van der Waals surface area contributed by atoms with Gasteiger partial charge >= 0.3 is 6.18 Å². The van der Waals surface area contributed by atoms with E-state index in [1.807, 2.05) is 6.07 Å². The number of rotatable bonds is 5. The number of benzene rings is 1. The van der Waals surface area contributed by atoms with Gasteiger partial charge < -0.3 is 19.9 Å². The van der Waals surface area contributed by atoms with Gasteiger partial charge in [0, 0.05) is 12.3 Å². The van der Waals surface area contributed by atoms with Gasteiger partial charge in [0.25, 0.3) is 11.8 Å². The minimum Gasteiger partial charge on any atom is -0.484 e. The highest BCUT2D eigenvalue weighted by atomic mass is 19.4. The van der Waals surface area contributed by atoms with Crippen LogP contribution in [-0.4, -0.2) is 44.5 Å². The van der Waals surface area contributed by atoms with E-state index < -0.39 is 30.1 Å². The summed E-state index contributed by atoms with van der Waals surface area (Å²) in [7, 11) is 0. The number of hydrogen-bond acceptors (Lipinski definition) is 8. The third-order valence-corrected chi connectivity index (χ3v) is 6.79. The Balaban J connectivity index is 1.38. The number of pyridine rings is 1. The lowest BCUT2D eigenvalue weighted by atomic mass is 9.89. The second-order valence-corrected chi connectivity index (χ2v) is 9.36. The number of nitriles is 1. The number of carbonyl (C=O) groups is 2. The van der Waals surface area contributed by atoms with E-state index >= 15 is 0 Å². The number of carbonyl (C=O) groups excluding carboxylic acids is 2. The highest BCUT2D eigenvalue weighted by molar-refractivity contribution is 6.10. The zero-order valence-electron chi connectivity index (χ0n) is 20.5. The molecule has 4 heterocycles. The predicted octanol–water partition coefficient (Wildman–Crippen LogP) is 3.58. The summed E-state index contributed by atoms with van der Waals surface area (Å²) in [5.74, 6) is -1.17. The molecule has 11 nitrogen and oxygen atoms in total. The summed E-state index contributed by atoms with van der Waals surface area (Å²) in [6, 6.07) is 11.1. The predicted molar refractivity (Wildman–Crippen MR) is 130 cm³/mol. The van der Waals surface area contributed by atoms with Crippen molar-refractivity contribution in [2.24, 2.45) is 0 Å². The second kappa shape index (κ2) is 9.23. The molecule has 3 aromatic heterocycles. The van der Waals surface area contributed by atoms with Crippen LogP contribution >= 0.6 is 0 Å². The summed E-state index contributed by atoms with van der Waals surface area (Å²) in [5, 5.41) is 23.0. The summed E-state index contributed by atoms with van der Waals surface area (Å²) in [6.07, 6.45) is -0.840. The van der Waals surface area contributed by atoms with Gasteiger partial charge in [0.15, 0.2) is 12.3 Å². The van der Waals surface area contributed by atoms with Crippen LogP contribution in [0.25, 0.3) is 11.4 Å². The van der Waals surface area contributed by atoms with Crippen LogP contribution in [0, 0.1) is 11.3 Å². The molecule has 2 aliphatic rings. The Morgan fingerprint density at radius 1 is 1.27 bits per heavy atom. The quantitative estimate of drug-likeness (QED) is 0.384. The summed E-state index contributed by atoms with van der Waals surface area (Å²) >= 11 is 0. The molecular weight excluding hydrogens is 531 g/mol. The number of anilines is 1. The molecule has 14 heteroatoms. The topological polar surface area (TPSA) is 148 Å². The number of aromatic nitrogens is 4. The molecule has 1 spiro atoms. The van der Waals surface area contributed by atoms with Crippen molar-refractivity contribution in [1.82, 2.24) is 25.2 Å². The Kier molecular flexibility index (Phi) is 5.79. The molecule has 0 saturated heterocycles. The van der Waals surface area contributed by atoms with Gasteiger partial charge in [-0.2, -0.15) is 23.5 Å². The third-order valence-electron chi connectivity index (χ3n) is 6.79. The molecule has 0 saturated carbocycles. The Bertz CT molecular complexity index is 1670. The van der Waals surface area contributed by atoms with Crippen LogP contribution < -0.4 is 15.4 Å². The van der Waals surface area contributed by atoms with Crippen LogP contribution in [0.3, 0.4) is 0 Å². The number of alkyl halides is 3. The van der Waals surface area contributed by atoms with Gasteiger partial charge in [0.1, 0.15) is 23.2 Å². The maximum Gasteiger partial charge on any atom is 0.422 e. The van der Waals surface area contributed by atoms with E-state index in [4.69, 9.17) is 14.5 Å². The van der Waals surface area contributed by atoms with Crippen molar-refractivity contribution in [3.8, 4) is 23.2 Å². The first-order valence-corrected chi connectivity index (χ1v) is 12.0. The van der Waals surface area contributed by atoms with Gasteiger partial charge in [-0.1, -0.05) is 11.2 Å². The number of nitrogens with zero attached hydrogens (tertiary/aromatic N) is 5. The van der Waals surface area contributed by atoms with Crippen molar-refractivity contribution in [3.05, 3.63) is 76.9 Å². The van der Waals surface area contributed by atoms with E-state index in [1.54, 1.807) is 18.2 Å². The number of halogens is 3. The number of ether oxygens (including phenoxy) is 1. The number of hydrogen-bond donors (Lipinski definition) is 2. The van der Waals surface area contributed by atoms with E-state index in [1.165, 1.54) is 35.3 Å². The molecule has 1 atom stereocenters. The van der Waals surface area contributed by atoms with E-state index in [2.05, 4.69) is 25.9 Å². The lowest BCUT2D eigenvalue weighted by molar-refractivity contribution is -0.153. The van der Waals surface area contributed by atoms with Crippen LogP contribution in [0.2, 0.25) is 0 Å². The lowest BCUT2D eigenvalue weighted by Gasteiger charge is -2.36. The van der Waals surface area contributed by atoms with Crippen LogP contribution in [-0.2, 0) is 18.5 Å². The average Bonchev–Trinajstić information content (AvgIpc) is 3.66. The molecule has 0 bridgehead atoms. The summed E-state index contributed by atoms with van der Waals surface area (Å²) < 4.78 is 49.1. The van der Waals surface area contributed by atoms with Gasteiger partial charge in [-0.3, -0.25) is 19.3 Å². The van der Waals surface area contributed by atoms with Crippen molar-refractivity contribution in [1.29, 1.82) is 5.26 Å². The Morgan fingerprint density at radius 3 is 2.83 bits per heavy atom. The third kappa shape index (κ3) is 4.41. The fraction of sp³-hybridized carbons (Fsp3) is 0.231. The zero-order chi connectivity index (χ0) is 28.1. The number of amides is 2. The molecule has 4 aromatic rings. The molecule has 202 valence electrons. The molecule has 6 rings (SSSR count). The maximum absolute atomic E-state index is 13.6. The maximum atomic E-state index is 13.6.